The van der Waals surface area contributed by atoms with E-state index in [0.29, 0.717) is 37.8 Å². The van der Waals surface area contributed by atoms with Gasteiger partial charge in [0.2, 0.25) is 5.95 Å². The second-order valence-electron chi connectivity index (χ2n) is 3.61. The van der Waals surface area contributed by atoms with E-state index in [1.807, 2.05) is 4.90 Å². The number of hydrogen-bond donors (Lipinski definition) is 1. The van der Waals surface area contributed by atoms with Gasteiger partial charge in [0.25, 0.3) is 0 Å². The predicted octanol–water partition coefficient (Wildman–Crippen LogP) is 0.320. The highest BCUT2D eigenvalue weighted by atomic mass is 16.5. The molecule has 2 heterocycles. The van der Waals surface area contributed by atoms with Gasteiger partial charge in [-0.25, -0.2) is 14.8 Å². The van der Waals surface area contributed by atoms with Crippen LogP contribution in [0.15, 0.2) is 6.20 Å². The Labute approximate surface area is 92.9 Å². The van der Waals surface area contributed by atoms with E-state index in [1.165, 1.54) is 0 Å². The molecule has 16 heavy (non-hydrogen) atoms. The molecule has 0 radical (unpaired) electrons. The number of aryl methyl sites for hydroxylation is 1. The van der Waals surface area contributed by atoms with E-state index < -0.39 is 5.97 Å². The first-order valence-electron chi connectivity index (χ1n) is 5.08. The van der Waals surface area contributed by atoms with Crippen LogP contribution in [0.2, 0.25) is 0 Å². The lowest BCUT2D eigenvalue weighted by Gasteiger charge is -2.26. The molecule has 2 rings (SSSR count). The molecular formula is C10H13N3O3. The summed E-state index contributed by atoms with van der Waals surface area (Å²) < 4.78 is 5.21. The Balaban J connectivity index is 2.27. The van der Waals surface area contributed by atoms with Crippen LogP contribution in [0.3, 0.4) is 0 Å². The summed E-state index contributed by atoms with van der Waals surface area (Å²) >= 11 is 0. The molecule has 86 valence electrons. The number of aromatic nitrogens is 2. The summed E-state index contributed by atoms with van der Waals surface area (Å²) in [6, 6.07) is 0. The third-order valence-corrected chi connectivity index (χ3v) is 2.46. The Morgan fingerprint density at radius 2 is 2.19 bits per heavy atom. The fraction of sp³-hybridized carbons (Fsp3) is 0.500. The Kier molecular flexibility index (Phi) is 3.00. The molecule has 0 spiro atoms. The number of hydrogen-bond acceptors (Lipinski definition) is 5. The van der Waals surface area contributed by atoms with Crippen LogP contribution < -0.4 is 4.90 Å². The zero-order valence-electron chi connectivity index (χ0n) is 9.01. The summed E-state index contributed by atoms with van der Waals surface area (Å²) in [5, 5.41) is 8.95. The normalized spacial score (nSPS) is 16.2. The molecule has 1 aromatic rings. The zero-order chi connectivity index (χ0) is 11.5. The van der Waals surface area contributed by atoms with Crippen molar-refractivity contribution in [2.45, 2.75) is 6.92 Å². The molecule has 0 amide bonds. The molecule has 1 saturated heterocycles. The highest BCUT2D eigenvalue weighted by Crippen LogP contribution is 2.12. The van der Waals surface area contributed by atoms with E-state index in [4.69, 9.17) is 9.84 Å². The minimum absolute atomic E-state index is 0.0662. The first-order valence-corrected chi connectivity index (χ1v) is 5.08. The minimum Gasteiger partial charge on any atom is -0.476 e. The highest BCUT2D eigenvalue weighted by molar-refractivity contribution is 5.87. The van der Waals surface area contributed by atoms with Gasteiger partial charge in [-0.1, -0.05) is 0 Å². The lowest BCUT2D eigenvalue weighted by molar-refractivity contribution is 0.0689. The fourth-order valence-corrected chi connectivity index (χ4v) is 1.56. The van der Waals surface area contributed by atoms with Gasteiger partial charge < -0.3 is 14.7 Å². The maximum atomic E-state index is 10.9. The van der Waals surface area contributed by atoms with Crippen LogP contribution in [0.1, 0.15) is 16.1 Å². The van der Waals surface area contributed by atoms with Gasteiger partial charge >= 0.3 is 5.97 Å². The fourth-order valence-electron chi connectivity index (χ4n) is 1.56. The molecule has 1 aliphatic rings. The van der Waals surface area contributed by atoms with Gasteiger partial charge in [0.15, 0.2) is 5.69 Å². The van der Waals surface area contributed by atoms with Gasteiger partial charge in [0, 0.05) is 24.8 Å². The smallest absolute Gasteiger partial charge is 0.354 e. The van der Waals surface area contributed by atoms with Crippen molar-refractivity contribution in [1.82, 2.24) is 9.97 Å². The number of carbonyl (C=O) groups is 1. The lowest BCUT2D eigenvalue weighted by atomic mass is 10.2. The van der Waals surface area contributed by atoms with E-state index >= 15 is 0 Å². The number of anilines is 1. The topological polar surface area (TPSA) is 75.5 Å². The van der Waals surface area contributed by atoms with E-state index in [1.54, 1.807) is 13.1 Å². The minimum atomic E-state index is -1.02. The number of rotatable bonds is 2. The molecule has 0 unspecified atom stereocenters. The van der Waals surface area contributed by atoms with Crippen molar-refractivity contribution in [3.05, 3.63) is 17.5 Å². The monoisotopic (exact) mass is 223 g/mol. The van der Waals surface area contributed by atoms with E-state index in [2.05, 4.69) is 9.97 Å². The zero-order valence-corrected chi connectivity index (χ0v) is 9.01. The molecule has 1 fully saturated rings. The van der Waals surface area contributed by atoms with Crippen LogP contribution in [0.25, 0.3) is 0 Å². The van der Waals surface area contributed by atoms with Crippen molar-refractivity contribution < 1.29 is 14.6 Å². The number of carboxylic acid groups (broad SMARTS) is 1. The van der Waals surface area contributed by atoms with E-state index in [0.717, 1.165) is 0 Å². The van der Waals surface area contributed by atoms with Crippen molar-refractivity contribution >= 4 is 11.9 Å². The first-order chi connectivity index (χ1) is 7.68. The lowest BCUT2D eigenvalue weighted by Crippen LogP contribution is -2.37. The van der Waals surface area contributed by atoms with Crippen LogP contribution in [-0.4, -0.2) is 47.3 Å². The summed E-state index contributed by atoms with van der Waals surface area (Å²) in [4.78, 5) is 21.0. The molecule has 0 aromatic carbocycles. The average molecular weight is 223 g/mol. The summed E-state index contributed by atoms with van der Waals surface area (Å²) in [7, 11) is 0. The molecule has 0 saturated carbocycles. The van der Waals surface area contributed by atoms with Crippen LogP contribution in [0.4, 0.5) is 5.95 Å². The molecule has 1 aliphatic heterocycles. The van der Waals surface area contributed by atoms with Crippen LogP contribution in [0, 0.1) is 6.92 Å². The van der Waals surface area contributed by atoms with Crippen molar-refractivity contribution in [3.8, 4) is 0 Å². The van der Waals surface area contributed by atoms with Crippen LogP contribution >= 0.6 is 0 Å². The number of carboxylic acids is 1. The van der Waals surface area contributed by atoms with Gasteiger partial charge in [-0.2, -0.15) is 0 Å². The van der Waals surface area contributed by atoms with Crippen molar-refractivity contribution in [1.29, 1.82) is 0 Å². The second-order valence-corrected chi connectivity index (χ2v) is 3.61. The van der Waals surface area contributed by atoms with Crippen molar-refractivity contribution in [2.75, 3.05) is 31.2 Å². The molecular weight excluding hydrogens is 210 g/mol. The van der Waals surface area contributed by atoms with Crippen LogP contribution in [-0.2, 0) is 4.74 Å². The first kappa shape index (κ1) is 10.8. The third-order valence-electron chi connectivity index (χ3n) is 2.46. The van der Waals surface area contributed by atoms with Crippen molar-refractivity contribution in [3.63, 3.8) is 0 Å². The molecule has 6 heteroatoms. The number of nitrogens with zero attached hydrogens (tertiary/aromatic N) is 3. The van der Waals surface area contributed by atoms with E-state index in [-0.39, 0.29) is 5.69 Å². The molecule has 6 nitrogen and oxygen atoms in total. The highest BCUT2D eigenvalue weighted by Gasteiger charge is 2.17. The molecule has 1 aromatic heterocycles. The quantitative estimate of drug-likeness (QED) is 0.778. The van der Waals surface area contributed by atoms with Crippen molar-refractivity contribution in [2.24, 2.45) is 0 Å². The van der Waals surface area contributed by atoms with E-state index in [9.17, 15) is 4.79 Å². The Morgan fingerprint density at radius 3 is 2.81 bits per heavy atom. The number of ether oxygens (including phenoxy) is 1. The standard InChI is InChI=1S/C10H13N3O3/c1-7-6-11-10(12-8(7)9(14)15)13-2-4-16-5-3-13/h6H,2-5H2,1H3,(H,14,15). The SMILES string of the molecule is Cc1cnc(N2CCOCC2)nc1C(=O)O. The van der Waals surface area contributed by atoms with Gasteiger partial charge in [0.05, 0.1) is 13.2 Å². The summed E-state index contributed by atoms with van der Waals surface area (Å²) in [5.41, 5.74) is 0.640. The Morgan fingerprint density at radius 1 is 1.50 bits per heavy atom. The third kappa shape index (κ3) is 2.11. The number of morpholine rings is 1. The van der Waals surface area contributed by atoms with Crippen LogP contribution in [0.5, 0.6) is 0 Å². The maximum Gasteiger partial charge on any atom is 0.354 e. The van der Waals surface area contributed by atoms with Gasteiger partial charge in [0.1, 0.15) is 0 Å². The van der Waals surface area contributed by atoms with Gasteiger partial charge in [-0.05, 0) is 6.92 Å². The second kappa shape index (κ2) is 4.44. The molecule has 0 aliphatic carbocycles. The Hall–Kier alpha value is -1.69. The van der Waals surface area contributed by atoms with Gasteiger partial charge in [-0.15, -0.1) is 0 Å². The van der Waals surface area contributed by atoms with Gasteiger partial charge in [-0.3, -0.25) is 0 Å². The summed E-state index contributed by atoms with van der Waals surface area (Å²) in [5.74, 6) is -0.555. The predicted molar refractivity (Wildman–Crippen MR) is 56.8 cm³/mol. The summed E-state index contributed by atoms with van der Waals surface area (Å²) in [6.07, 6.45) is 1.54. The largest absolute Gasteiger partial charge is 0.476 e. The number of aromatic carboxylic acids is 1. The molecule has 1 N–H and O–H groups in total. The molecule has 0 atom stereocenters. The maximum absolute atomic E-state index is 10.9. The summed E-state index contributed by atoms with van der Waals surface area (Å²) in [6.45, 7) is 4.33. The average Bonchev–Trinajstić information content (AvgIpc) is 2.30. The molecule has 0 bridgehead atoms. The Bertz CT molecular complexity index is 402.